The van der Waals surface area contributed by atoms with Crippen LogP contribution in [0.2, 0.25) is 0 Å². The summed E-state index contributed by atoms with van der Waals surface area (Å²) in [5.41, 5.74) is 1.13. The predicted molar refractivity (Wildman–Crippen MR) is 88.7 cm³/mol. The molecule has 0 aromatic heterocycles. The number of ether oxygens (including phenoxy) is 1. The van der Waals surface area contributed by atoms with Crippen LogP contribution < -0.4 is 4.74 Å². The Morgan fingerprint density at radius 1 is 0.565 bits per heavy atom. The van der Waals surface area contributed by atoms with E-state index in [2.05, 4.69) is 0 Å². The minimum Gasteiger partial charge on any atom is -0.508 e. The van der Waals surface area contributed by atoms with Crippen LogP contribution in [0.15, 0.2) is 78.9 Å². The van der Waals surface area contributed by atoms with E-state index < -0.39 is 0 Å². The molecule has 0 saturated carbocycles. The average molecular weight is 310 g/mol. The first-order valence-corrected chi connectivity index (χ1v) is 7.07. The Morgan fingerprint density at radius 2 is 1.00 bits per heavy atom. The fourth-order valence-electron chi connectivity index (χ4n) is 1.74. The van der Waals surface area contributed by atoms with Crippen LogP contribution in [-0.2, 0) is 6.61 Å². The lowest BCUT2D eigenvalue weighted by Crippen LogP contribution is -1.94. The number of rotatable bonds is 3. The number of aromatic hydroxyl groups is 3. The van der Waals surface area contributed by atoms with E-state index in [1.54, 1.807) is 24.3 Å². The zero-order valence-corrected chi connectivity index (χ0v) is 12.5. The van der Waals surface area contributed by atoms with Gasteiger partial charge in [-0.15, -0.1) is 0 Å². The van der Waals surface area contributed by atoms with Gasteiger partial charge in [-0.2, -0.15) is 0 Å². The molecule has 0 aliphatic heterocycles. The van der Waals surface area contributed by atoms with Gasteiger partial charge >= 0.3 is 0 Å². The van der Waals surface area contributed by atoms with Crippen LogP contribution in [0.5, 0.6) is 23.0 Å². The molecule has 3 N–H and O–H groups in total. The molecule has 0 aliphatic rings. The third-order valence-electron chi connectivity index (χ3n) is 2.93. The van der Waals surface area contributed by atoms with Crippen LogP contribution in [0.4, 0.5) is 0 Å². The van der Waals surface area contributed by atoms with Gasteiger partial charge in [-0.05, 0) is 54.1 Å². The van der Waals surface area contributed by atoms with Gasteiger partial charge in [0.05, 0.1) is 0 Å². The first-order valence-electron chi connectivity index (χ1n) is 7.07. The van der Waals surface area contributed by atoms with E-state index in [-0.39, 0.29) is 17.2 Å². The minimum atomic E-state index is 0.169. The molecule has 0 aliphatic carbocycles. The van der Waals surface area contributed by atoms with Crippen LogP contribution in [-0.4, -0.2) is 15.3 Å². The number of hydrogen-bond donors (Lipinski definition) is 3. The van der Waals surface area contributed by atoms with Gasteiger partial charge in [0.15, 0.2) is 0 Å². The number of phenols is 3. The summed E-state index contributed by atoms with van der Waals surface area (Å²) in [6, 6.07) is 22.4. The van der Waals surface area contributed by atoms with Gasteiger partial charge in [-0.3, -0.25) is 0 Å². The molecule has 23 heavy (non-hydrogen) atoms. The van der Waals surface area contributed by atoms with Crippen LogP contribution in [0.25, 0.3) is 0 Å². The normalized spacial score (nSPS) is 9.57. The van der Waals surface area contributed by atoms with Gasteiger partial charge in [0.25, 0.3) is 0 Å². The van der Waals surface area contributed by atoms with E-state index in [0.29, 0.717) is 6.61 Å². The number of benzene rings is 3. The molecule has 118 valence electrons. The maximum Gasteiger partial charge on any atom is 0.120 e. The van der Waals surface area contributed by atoms with Crippen LogP contribution in [0, 0.1) is 0 Å². The monoisotopic (exact) mass is 310 g/mol. The van der Waals surface area contributed by atoms with Crippen molar-refractivity contribution in [3.8, 4) is 23.0 Å². The molecule has 0 heterocycles. The smallest absolute Gasteiger partial charge is 0.120 e. The highest BCUT2D eigenvalue weighted by atomic mass is 16.5. The van der Waals surface area contributed by atoms with E-state index in [1.807, 2.05) is 30.3 Å². The highest BCUT2D eigenvalue weighted by Crippen LogP contribution is 2.17. The molecule has 4 heteroatoms. The summed E-state index contributed by atoms with van der Waals surface area (Å²) < 4.78 is 5.54. The molecule has 0 radical (unpaired) electrons. The van der Waals surface area contributed by atoms with E-state index in [1.165, 1.54) is 24.3 Å². The fourth-order valence-corrected chi connectivity index (χ4v) is 1.74. The van der Waals surface area contributed by atoms with Crippen molar-refractivity contribution in [1.82, 2.24) is 0 Å². The second-order valence-corrected chi connectivity index (χ2v) is 4.78. The van der Waals surface area contributed by atoms with Crippen LogP contribution in [0.3, 0.4) is 0 Å². The second-order valence-electron chi connectivity index (χ2n) is 4.78. The van der Waals surface area contributed by atoms with Crippen molar-refractivity contribution in [3.63, 3.8) is 0 Å². The van der Waals surface area contributed by atoms with E-state index >= 15 is 0 Å². The summed E-state index contributed by atoms with van der Waals surface area (Å²) in [4.78, 5) is 0. The van der Waals surface area contributed by atoms with E-state index in [4.69, 9.17) is 20.1 Å². The molecule has 0 saturated heterocycles. The van der Waals surface area contributed by atoms with Gasteiger partial charge in [0.1, 0.15) is 29.6 Å². The first-order chi connectivity index (χ1) is 11.1. The summed E-state index contributed by atoms with van der Waals surface area (Å²) in [7, 11) is 0. The van der Waals surface area contributed by atoms with E-state index in [9.17, 15) is 0 Å². The number of phenolic OH excluding ortho intramolecular Hbond substituents is 3. The topological polar surface area (TPSA) is 69.9 Å². The summed E-state index contributed by atoms with van der Waals surface area (Å²) in [5.74, 6) is 1.35. The lowest BCUT2D eigenvalue weighted by molar-refractivity contribution is 0.305. The molecule has 0 fully saturated rings. The Balaban J connectivity index is 0.000000203. The molecule has 0 spiro atoms. The minimum absolute atomic E-state index is 0.169. The molecule has 0 amide bonds. The molecule has 4 nitrogen and oxygen atoms in total. The Bertz CT molecular complexity index is 671. The molecule has 0 atom stereocenters. The zero-order chi connectivity index (χ0) is 16.5. The SMILES string of the molecule is Oc1ccc(O)cc1.Oc1ccc(OCc2ccccc2)cc1. The van der Waals surface area contributed by atoms with Crippen molar-refractivity contribution in [2.75, 3.05) is 0 Å². The van der Waals surface area contributed by atoms with Crippen molar-refractivity contribution < 1.29 is 20.1 Å². The van der Waals surface area contributed by atoms with Crippen molar-refractivity contribution in [2.45, 2.75) is 6.61 Å². The molecule has 3 aromatic rings. The maximum atomic E-state index is 9.09. The van der Waals surface area contributed by atoms with E-state index in [0.717, 1.165) is 11.3 Å². The fraction of sp³-hybridized carbons (Fsp3) is 0.0526. The Morgan fingerprint density at radius 3 is 1.48 bits per heavy atom. The lowest BCUT2D eigenvalue weighted by Gasteiger charge is -2.05. The molecule has 0 bridgehead atoms. The highest BCUT2D eigenvalue weighted by molar-refractivity contribution is 5.30. The molecule has 3 rings (SSSR count). The lowest BCUT2D eigenvalue weighted by atomic mass is 10.2. The van der Waals surface area contributed by atoms with Crippen LogP contribution >= 0.6 is 0 Å². The first kappa shape index (κ1) is 16.2. The van der Waals surface area contributed by atoms with Gasteiger partial charge in [0.2, 0.25) is 0 Å². The van der Waals surface area contributed by atoms with Gasteiger partial charge in [-0.25, -0.2) is 0 Å². The van der Waals surface area contributed by atoms with Crippen molar-refractivity contribution in [1.29, 1.82) is 0 Å². The second kappa shape index (κ2) is 8.34. The molecular formula is C19H18O4. The Kier molecular flexibility index (Phi) is 5.89. The molecule has 3 aromatic carbocycles. The van der Waals surface area contributed by atoms with Crippen molar-refractivity contribution >= 4 is 0 Å². The molecule has 0 unspecified atom stereocenters. The zero-order valence-electron chi connectivity index (χ0n) is 12.5. The largest absolute Gasteiger partial charge is 0.508 e. The third-order valence-corrected chi connectivity index (χ3v) is 2.93. The standard InChI is InChI=1S/C13H12O2.C6H6O2/c14-12-6-8-13(9-7-12)15-10-11-4-2-1-3-5-11;7-5-1-2-6(8)4-3-5/h1-9,14H,10H2;1-4,7-8H. The summed E-state index contributed by atoms with van der Waals surface area (Å²) >= 11 is 0. The van der Waals surface area contributed by atoms with Crippen molar-refractivity contribution in [2.24, 2.45) is 0 Å². The number of hydrogen-bond acceptors (Lipinski definition) is 4. The third kappa shape index (κ3) is 6.01. The van der Waals surface area contributed by atoms with Gasteiger partial charge < -0.3 is 20.1 Å². The predicted octanol–water partition coefficient (Wildman–Crippen LogP) is 4.07. The summed E-state index contributed by atoms with van der Waals surface area (Å²) in [6.07, 6.45) is 0. The van der Waals surface area contributed by atoms with Crippen LogP contribution in [0.1, 0.15) is 5.56 Å². The Hall–Kier alpha value is -3.14. The summed E-state index contributed by atoms with van der Waals surface area (Å²) in [5, 5.41) is 26.4. The van der Waals surface area contributed by atoms with Crippen molar-refractivity contribution in [3.05, 3.63) is 84.4 Å². The quantitative estimate of drug-likeness (QED) is 0.638. The summed E-state index contributed by atoms with van der Waals surface area (Å²) in [6.45, 7) is 0.547. The Labute approximate surface area is 134 Å². The van der Waals surface area contributed by atoms with Gasteiger partial charge in [0, 0.05) is 0 Å². The van der Waals surface area contributed by atoms with Gasteiger partial charge in [-0.1, -0.05) is 30.3 Å². The average Bonchev–Trinajstić information content (AvgIpc) is 2.59. The highest BCUT2D eigenvalue weighted by Gasteiger charge is 1.95. The molecular weight excluding hydrogens is 292 g/mol. The maximum absolute atomic E-state index is 9.09.